The summed E-state index contributed by atoms with van der Waals surface area (Å²) in [5.41, 5.74) is 3.83. The third-order valence-corrected chi connectivity index (χ3v) is 4.17. The minimum atomic E-state index is -0.323. The van der Waals surface area contributed by atoms with Crippen molar-refractivity contribution in [2.45, 2.75) is 0 Å². The first-order valence-electron chi connectivity index (χ1n) is 7.49. The van der Waals surface area contributed by atoms with Gasteiger partial charge in [-0.3, -0.25) is 0 Å². The Kier molecular flexibility index (Phi) is 3.19. The molecule has 0 atom stereocenters. The van der Waals surface area contributed by atoms with Gasteiger partial charge in [-0.15, -0.1) is 0 Å². The van der Waals surface area contributed by atoms with Crippen molar-refractivity contribution in [1.29, 1.82) is 0 Å². The van der Waals surface area contributed by atoms with E-state index in [1.54, 1.807) is 12.1 Å². The molecule has 3 aromatic rings. The Morgan fingerprint density at radius 3 is 2.09 bits per heavy atom. The molecule has 0 aromatic heterocycles. The Balaban J connectivity index is 1.69. The van der Waals surface area contributed by atoms with Crippen LogP contribution in [0.5, 0.6) is 0 Å². The van der Waals surface area contributed by atoms with E-state index in [2.05, 4.69) is 46.9 Å². The van der Waals surface area contributed by atoms with Gasteiger partial charge in [0, 0.05) is 16.8 Å². The van der Waals surface area contributed by atoms with Crippen LogP contribution in [-0.4, -0.2) is 20.1 Å². The molecule has 4 nitrogen and oxygen atoms in total. The lowest BCUT2D eigenvalue weighted by atomic mass is 9.66. The molecule has 1 heterocycles. The van der Waals surface area contributed by atoms with E-state index in [9.17, 15) is 4.79 Å². The molecule has 3 aromatic carbocycles. The number of carbonyl (C=O) groups excluding carboxylic acids is 1. The van der Waals surface area contributed by atoms with E-state index in [0.29, 0.717) is 5.56 Å². The molecule has 0 saturated heterocycles. The van der Waals surface area contributed by atoms with Gasteiger partial charge in [-0.1, -0.05) is 36.4 Å². The Labute approximate surface area is 134 Å². The highest BCUT2D eigenvalue weighted by Gasteiger charge is 2.25. The number of rotatable bonds is 2. The van der Waals surface area contributed by atoms with E-state index in [4.69, 9.17) is 4.74 Å². The molecule has 1 aliphatic rings. The maximum atomic E-state index is 11.5. The minimum Gasteiger partial charge on any atom is -0.465 e. The summed E-state index contributed by atoms with van der Waals surface area (Å²) in [6.07, 6.45) is 0. The molecule has 2 N–H and O–H groups in total. The zero-order valence-corrected chi connectivity index (χ0v) is 12.7. The summed E-state index contributed by atoms with van der Waals surface area (Å²) in [5.74, 6) is -0.323. The number of anilines is 2. The normalized spacial score (nSPS) is 12.5. The van der Waals surface area contributed by atoms with Crippen LogP contribution in [-0.2, 0) is 4.74 Å². The summed E-state index contributed by atoms with van der Waals surface area (Å²) in [6.45, 7) is -0.0396. The largest absolute Gasteiger partial charge is 0.465 e. The molecule has 0 spiro atoms. The Morgan fingerprint density at radius 1 is 0.913 bits per heavy atom. The fraction of sp³-hybridized carbons (Fsp3) is 0.0556. The summed E-state index contributed by atoms with van der Waals surface area (Å²) < 4.78 is 4.74. The van der Waals surface area contributed by atoms with Gasteiger partial charge in [-0.2, -0.15) is 0 Å². The third kappa shape index (κ3) is 2.30. The molecule has 4 rings (SSSR count). The van der Waals surface area contributed by atoms with Crippen LogP contribution in [0.2, 0.25) is 0 Å². The molecule has 112 valence electrons. The van der Waals surface area contributed by atoms with Gasteiger partial charge in [0.2, 0.25) is 0 Å². The van der Waals surface area contributed by atoms with E-state index < -0.39 is 0 Å². The van der Waals surface area contributed by atoms with Crippen LogP contribution in [0.3, 0.4) is 0 Å². The highest BCUT2D eigenvalue weighted by Crippen LogP contribution is 2.33. The molecule has 0 radical (unpaired) electrons. The topological polar surface area (TPSA) is 50.4 Å². The van der Waals surface area contributed by atoms with E-state index >= 15 is 0 Å². The molecular weight excluding hydrogens is 287 g/mol. The lowest BCUT2D eigenvalue weighted by Crippen LogP contribution is -2.47. The number of nitrogens with one attached hydrogen (secondary N) is 2. The SMILES string of the molecule is COC(=O)c1ccc(B2Nc3cccc4cccc(c34)N2)cc1. The van der Waals surface area contributed by atoms with E-state index in [1.165, 1.54) is 17.9 Å². The molecule has 1 aliphatic heterocycles. The second kappa shape index (κ2) is 5.36. The number of hydrogen-bond donors (Lipinski definition) is 2. The van der Waals surface area contributed by atoms with Gasteiger partial charge >= 0.3 is 13.0 Å². The molecule has 0 aliphatic carbocycles. The first-order valence-corrected chi connectivity index (χ1v) is 7.49. The summed E-state index contributed by atoms with van der Waals surface area (Å²) >= 11 is 0. The molecular formula is C18H15BN2O2. The fourth-order valence-electron chi connectivity index (χ4n) is 3.02. The van der Waals surface area contributed by atoms with Gasteiger partial charge in [0.25, 0.3) is 0 Å². The first kappa shape index (κ1) is 13.7. The number of carbonyl (C=O) groups is 1. The second-order valence-electron chi connectivity index (χ2n) is 5.54. The number of methoxy groups -OCH3 is 1. The quantitative estimate of drug-likeness (QED) is 0.564. The molecule has 0 amide bonds. The van der Waals surface area contributed by atoms with Crippen molar-refractivity contribution in [3.05, 3.63) is 66.2 Å². The summed E-state index contributed by atoms with van der Waals surface area (Å²) in [4.78, 5) is 11.5. The first-order chi connectivity index (χ1) is 11.3. The van der Waals surface area contributed by atoms with Gasteiger partial charge in [0.15, 0.2) is 0 Å². The fourth-order valence-corrected chi connectivity index (χ4v) is 3.02. The standard InChI is InChI=1S/C18H15BN2O2/c1-23-18(22)13-8-10-14(11-9-13)19-20-15-6-2-4-12-5-3-7-16(21-19)17(12)15/h2-11,20-21H,1H3. The monoisotopic (exact) mass is 302 g/mol. The van der Waals surface area contributed by atoms with Crippen LogP contribution >= 0.6 is 0 Å². The summed E-state index contributed by atoms with van der Waals surface area (Å²) in [5, 5.41) is 9.44. The van der Waals surface area contributed by atoms with Crippen LogP contribution in [0.25, 0.3) is 10.8 Å². The highest BCUT2D eigenvalue weighted by atomic mass is 16.5. The molecule has 5 heteroatoms. The van der Waals surface area contributed by atoms with E-state index in [1.807, 2.05) is 12.1 Å². The van der Waals surface area contributed by atoms with Crippen molar-refractivity contribution >= 4 is 40.6 Å². The maximum absolute atomic E-state index is 11.5. The van der Waals surface area contributed by atoms with E-state index in [-0.39, 0.29) is 13.0 Å². The van der Waals surface area contributed by atoms with Gasteiger partial charge in [0.05, 0.1) is 12.7 Å². The van der Waals surface area contributed by atoms with Crippen molar-refractivity contribution in [3.63, 3.8) is 0 Å². The number of esters is 1. The number of hydrogen-bond acceptors (Lipinski definition) is 4. The average molecular weight is 302 g/mol. The number of benzene rings is 3. The Bertz CT molecular complexity index is 852. The second-order valence-corrected chi connectivity index (χ2v) is 5.54. The van der Waals surface area contributed by atoms with Gasteiger partial charge in [0.1, 0.15) is 0 Å². The van der Waals surface area contributed by atoms with Crippen LogP contribution in [0.4, 0.5) is 11.4 Å². The van der Waals surface area contributed by atoms with Crippen LogP contribution < -0.4 is 15.9 Å². The summed E-state index contributed by atoms with van der Waals surface area (Å²) in [6, 6.07) is 19.9. The van der Waals surface area contributed by atoms with Crippen LogP contribution in [0, 0.1) is 0 Å². The van der Waals surface area contributed by atoms with Crippen molar-refractivity contribution in [2.75, 3.05) is 17.6 Å². The van der Waals surface area contributed by atoms with Crippen molar-refractivity contribution in [2.24, 2.45) is 0 Å². The number of ether oxygens (including phenoxy) is 1. The van der Waals surface area contributed by atoms with Crippen molar-refractivity contribution in [3.8, 4) is 0 Å². The molecule has 23 heavy (non-hydrogen) atoms. The predicted molar refractivity (Wildman–Crippen MR) is 94.4 cm³/mol. The molecule has 0 saturated carbocycles. The zero-order chi connectivity index (χ0) is 15.8. The minimum absolute atomic E-state index is 0.0396. The van der Waals surface area contributed by atoms with Gasteiger partial charge in [-0.05, 0) is 35.1 Å². The molecule has 0 fully saturated rings. The van der Waals surface area contributed by atoms with E-state index in [0.717, 1.165) is 16.8 Å². The van der Waals surface area contributed by atoms with Crippen LogP contribution in [0.1, 0.15) is 10.4 Å². The predicted octanol–water partition coefficient (Wildman–Crippen LogP) is 2.86. The van der Waals surface area contributed by atoms with Crippen LogP contribution in [0.15, 0.2) is 60.7 Å². The van der Waals surface area contributed by atoms with Gasteiger partial charge < -0.3 is 15.2 Å². The zero-order valence-electron chi connectivity index (χ0n) is 12.7. The maximum Gasteiger partial charge on any atom is 0.406 e. The van der Waals surface area contributed by atoms with Gasteiger partial charge in [-0.25, -0.2) is 4.79 Å². The average Bonchev–Trinajstić information content (AvgIpc) is 2.61. The lowest BCUT2D eigenvalue weighted by molar-refractivity contribution is 0.0601. The van der Waals surface area contributed by atoms with Crippen molar-refractivity contribution in [1.82, 2.24) is 0 Å². The summed E-state index contributed by atoms with van der Waals surface area (Å²) in [7, 11) is 1.39. The highest BCUT2D eigenvalue weighted by molar-refractivity contribution is 6.80. The smallest absolute Gasteiger partial charge is 0.406 e. The Hall–Kier alpha value is -2.95. The molecule has 0 unspecified atom stereocenters. The Morgan fingerprint density at radius 2 is 1.52 bits per heavy atom. The molecule has 0 bridgehead atoms. The van der Waals surface area contributed by atoms with Crippen molar-refractivity contribution < 1.29 is 9.53 Å². The lowest BCUT2D eigenvalue weighted by Gasteiger charge is -2.26. The third-order valence-electron chi connectivity index (χ3n) is 4.17.